The van der Waals surface area contributed by atoms with Gasteiger partial charge in [0.2, 0.25) is 15.8 Å². The quantitative estimate of drug-likeness (QED) is 0.566. The zero-order valence-electron chi connectivity index (χ0n) is 18.3. The lowest BCUT2D eigenvalue weighted by Gasteiger charge is -2.26. The van der Waals surface area contributed by atoms with Crippen molar-refractivity contribution < 1.29 is 17.9 Å². The highest BCUT2D eigenvalue weighted by molar-refractivity contribution is 7.89. The van der Waals surface area contributed by atoms with Crippen molar-refractivity contribution in [2.45, 2.75) is 31.1 Å². The third-order valence-electron chi connectivity index (χ3n) is 5.41. The van der Waals surface area contributed by atoms with Crippen LogP contribution in [0.2, 0.25) is 5.02 Å². The van der Waals surface area contributed by atoms with E-state index in [-0.39, 0.29) is 16.5 Å². The van der Waals surface area contributed by atoms with E-state index in [4.69, 9.17) is 16.3 Å². The second kappa shape index (κ2) is 9.50. The van der Waals surface area contributed by atoms with Gasteiger partial charge >= 0.3 is 0 Å². The van der Waals surface area contributed by atoms with Gasteiger partial charge in [0.05, 0.1) is 17.8 Å². The van der Waals surface area contributed by atoms with Gasteiger partial charge in [-0.15, -0.1) is 5.10 Å². The predicted molar refractivity (Wildman–Crippen MR) is 125 cm³/mol. The molecule has 1 fully saturated rings. The number of hydrogen-bond donors (Lipinski definition) is 1. The molecular formula is C22H24ClN5O4S. The fourth-order valence-electron chi connectivity index (χ4n) is 3.73. The van der Waals surface area contributed by atoms with Crippen LogP contribution in [0.3, 0.4) is 0 Å². The molecule has 3 aromatic rings. The Morgan fingerprint density at radius 2 is 1.85 bits per heavy atom. The smallest absolute Gasteiger partial charge is 0.295 e. The highest BCUT2D eigenvalue weighted by atomic mass is 35.5. The van der Waals surface area contributed by atoms with Gasteiger partial charge in [0.1, 0.15) is 16.5 Å². The van der Waals surface area contributed by atoms with Crippen molar-refractivity contribution in [3.63, 3.8) is 0 Å². The molecule has 1 aliphatic heterocycles. The second-order valence-electron chi connectivity index (χ2n) is 7.63. The molecule has 2 heterocycles. The van der Waals surface area contributed by atoms with Crippen LogP contribution >= 0.6 is 11.6 Å². The molecule has 9 nitrogen and oxygen atoms in total. The van der Waals surface area contributed by atoms with E-state index in [1.54, 1.807) is 31.2 Å². The maximum Gasteiger partial charge on any atom is 0.295 e. The molecule has 0 spiro atoms. The summed E-state index contributed by atoms with van der Waals surface area (Å²) in [5, 5.41) is 7.43. The fraction of sp³-hybridized carbons (Fsp3) is 0.318. The number of anilines is 1. The van der Waals surface area contributed by atoms with E-state index < -0.39 is 15.9 Å². The first-order valence-corrected chi connectivity index (χ1v) is 12.3. The van der Waals surface area contributed by atoms with E-state index in [2.05, 4.69) is 15.4 Å². The first-order chi connectivity index (χ1) is 15.8. The molecular weight excluding hydrogens is 466 g/mol. The number of benzene rings is 2. The Bertz CT molecular complexity index is 1290. The number of ether oxygens (including phenoxy) is 1. The van der Waals surface area contributed by atoms with Gasteiger partial charge in [-0.25, -0.2) is 18.1 Å². The molecule has 0 radical (unpaired) electrons. The Hall–Kier alpha value is -2.95. The van der Waals surface area contributed by atoms with Crippen LogP contribution in [0.4, 0.5) is 5.69 Å². The summed E-state index contributed by atoms with van der Waals surface area (Å²) in [6.07, 6.45) is 2.64. The summed E-state index contributed by atoms with van der Waals surface area (Å²) in [5.41, 5.74) is 0.894. The van der Waals surface area contributed by atoms with Crippen LogP contribution in [0.5, 0.6) is 5.75 Å². The van der Waals surface area contributed by atoms with Crippen LogP contribution < -0.4 is 10.1 Å². The Labute approximate surface area is 197 Å². The van der Waals surface area contributed by atoms with Crippen LogP contribution in [0.15, 0.2) is 47.4 Å². The average molecular weight is 490 g/mol. The van der Waals surface area contributed by atoms with Crippen molar-refractivity contribution in [1.82, 2.24) is 19.1 Å². The Morgan fingerprint density at radius 3 is 2.55 bits per heavy atom. The molecule has 1 aliphatic rings. The number of carbonyl (C=O) groups is 1. The minimum atomic E-state index is -3.76. The molecule has 1 N–H and O–H groups in total. The van der Waals surface area contributed by atoms with Gasteiger partial charge in [-0.05, 0) is 50.1 Å². The van der Waals surface area contributed by atoms with E-state index in [1.165, 1.54) is 28.2 Å². The third-order valence-corrected chi connectivity index (χ3v) is 7.65. The molecule has 0 bridgehead atoms. The van der Waals surface area contributed by atoms with E-state index in [0.717, 1.165) is 19.3 Å². The molecule has 0 saturated carbocycles. The van der Waals surface area contributed by atoms with Gasteiger partial charge in [0.15, 0.2) is 0 Å². The number of sulfonamides is 1. The van der Waals surface area contributed by atoms with Crippen molar-refractivity contribution >= 4 is 33.2 Å². The number of aryl methyl sites for hydroxylation is 1. The molecule has 11 heteroatoms. The first-order valence-electron chi connectivity index (χ1n) is 10.5. The largest absolute Gasteiger partial charge is 0.495 e. The number of nitrogens with one attached hydrogen (secondary N) is 1. The van der Waals surface area contributed by atoms with Crippen molar-refractivity contribution in [2.75, 3.05) is 25.5 Å². The minimum absolute atomic E-state index is 0.00966. The molecule has 1 saturated heterocycles. The van der Waals surface area contributed by atoms with Crippen LogP contribution in [0.1, 0.15) is 35.7 Å². The van der Waals surface area contributed by atoms with Crippen molar-refractivity contribution in [3.05, 3.63) is 59.1 Å². The number of methoxy groups -OCH3 is 1. The van der Waals surface area contributed by atoms with Gasteiger partial charge < -0.3 is 10.1 Å². The monoisotopic (exact) mass is 489 g/mol. The Balaban J connectivity index is 1.61. The second-order valence-corrected chi connectivity index (χ2v) is 9.94. The number of hydrogen-bond acceptors (Lipinski definition) is 6. The predicted octanol–water partition coefficient (Wildman–Crippen LogP) is 3.66. The summed E-state index contributed by atoms with van der Waals surface area (Å²) in [4.78, 5) is 17.1. The number of amides is 1. The normalized spacial score (nSPS) is 14.8. The highest BCUT2D eigenvalue weighted by Gasteiger charge is 2.29. The molecule has 33 heavy (non-hydrogen) atoms. The zero-order chi connectivity index (χ0) is 23.6. The third kappa shape index (κ3) is 4.73. The van der Waals surface area contributed by atoms with Crippen LogP contribution in [0.25, 0.3) is 5.69 Å². The van der Waals surface area contributed by atoms with E-state index in [1.807, 2.05) is 6.07 Å². The fourth-order valence-corrected chi connectivity index (χ4v) is 5.64. The van der Waals surface area contributed by atoms with E-state index in [9.17, 15) is 13.2 Å². The lowest BCUT2D eigenvalue weighted by atomic mass is 10.2. The first kappa shape index (κ1) is 23.2. The maximum absolute atomic E-state index is 13.2. The Kier molecular flexibility index (Phi) is 6.68. The molecule has 0 unspecified atom stereocenters. The van der Waals surface area contributed by atoms with Crippen molar-refractivity contribution in [3.8, 4) is 11.4 Å². The Morgan fingerprint density at radius 1 is 1.12 bits per heavy atom. The van der Waals surface area contributed by atoms with Crippen LogP contribution in [0, 0.1) is 6.92 Å². The maximum atomic E-state index is 13.2. The minimum Gasteiger partial charge on any atom is -0.495 e. The van der Waals surface area contributed by atoms with Gasteiger partial charge in [-0.2, -0.15) is 4.31 Å². The molecule has 1 aromatic heterocycles. The standard InChI is InChI=1S/C22H24ClN5O4S/c1-15-24-21(26-28(15)18-9-5-4-8-17(18)23)22(29)25-16-10-11-19(32-2)20(14-16)33(30,31)27-12-6-3-7-13-27/h4-5,8-11,14H,3,6-7,12-13H2,1-2H3,(H,25,29). The highest BCUT2D eigenvalue weighted by Crippen LogP contribution is 2.31. The van der Waals surface area contributed by atoms with Crippen molar-refractivity contribution in [1.29, 1.82) is 0 Å². The van der Waals surface area contributed by atoms with Crippen LogP contribution in [-0.2, 0) is 10.0 Å². The number of piperidine rings is 1. The number of carbonyl (C=O) groups excluding carboxylic acids is 1. The van der Waals surface area contributed by atoms with Gasteiger partial charge in [0, 0.05) is 18.8 Å². The number of para-hydroxylation sites is 1. The number of aromatic nitrogens is 3. The lowest BCUT2D eigenvalue weighted by Crippen LogP contribution is -2.35. The number of nitrogens with zero attached hydrogens (tertiary/aromatic N) is 4. The summed E-state index contributed by atoms with van der Waals surface area (Å²) in [6.45, 7) is 2.64. The molecule has 0 aliphatic carbocycles. The summed E-state index contributed by atoms with van der Waals surface area (Å²) in [5.74, 6) is 0.0611. The summed E-state index contributed by atoms with van der Waals surface area (Å²) in [7, 11) is -2.35. The van der Waals surface area contributed by atoms with Gasteiger partial charge in [-0.1, -0.05) is 30.2 Å². The van der Waals surface area contributed by atoms with Crippen LogP contribution in [-0.4, -0.2) is 53.6 Å². The van der Waals surface area contributed by atoms with Crippen molar-refractivity contribution in [2.24, 2.45) is 0 Å². The summed E-state index contributed by atoms with van der Waals surface area (Å²) < 4.78 is 34.6. The molecule has 4 rings (SSSR count). The molecule has 0 atom stereocenters. The summed E-state index contributed by atoms with van der Waals surface area (Å²) in [6, 6.07) is 11.6. The van der Waals surface area contributed by atoms with E-state index >= 15 is 0 Å². The lowest BCUT2D eigenvalue weighted by molar-refractivity contribution is 0.101. The number of halogens is 1. The average Bonchev–Trinajstić information content (AvgIpc) is 3.21. The number of rotatable bonds is 6. The summed E-state index contributed by atoms with van der Waals surface area (Å²) >= 11 is 6.24. The van der Waals surface area contributed by atoms with Gasteiger partial charge in [0.25, 0.3) is 5.91 Å². The molecule has 174 valence electrons. The van der Waals surface area contributed by atoms with Gasteiger partial charge in [-0.3, -0.25) is 4.79 Å². The van der Waals surface area contributed by atoms with E-state index in [0.29, 0.717) is 35.3 Å². The molecule has 1 amide bonds. The zero-order valence-corrected chi connectivity index (χ0v) is 19.9. The SMILES string of the molecule is COc1ccc(NC(=O)c2nc(C)n(-c3ccccc3Cl)n2)cc1S(=O)(=O)N1CCCCC1. The topological polar surface area (TPSA) is 106 Å². The molecule has 2 aromatic carbocycles.